The van der Waals surface area contributed by atoms with E-state index in [0.717, 1.165) is 36.6 Å². The van der Waals surface area contributed by atoms with Crippen molar-refractivity contribution in [2.45, 2.75) is 24.3 Å². The largest absolute Gasteiger partial charge is 0.496 e. The van der Waals surface area contributed by atoms with Crippen molar-refractivity contribution < 1.29 is 14.3 Å². The molecule has 0 fully saturated rings. The maximum absolute atomic E-state index is 12.3. The number of nitrogens with one attached hydrogen (secondary N) is 1. The fourth-order valence-corrected chi connectivity index (χ4v) is 3.73. The van der Waals surface area contributed by atoms with E-state index in [9.17, 15) is 9.59 Å². The van der Waals surface area contributed by atoms with Crippen molar-refractivity contribution in [2.24, 2.45) is 0 Å². The number of methoxy groups -OCH3 is 1. The Morgan fingerprint density at radius 3 is 2.37 bits per heavy atom. The van der Waals surface area contributed by atoms with Crippen LogP contribution in [0, 0.1) is 0 Å². The molecule has 0 atom stereocenters. The van der Waals surface area contributed by atoms with Crippen molar-refractivity contribution in [3.8, 4) is 5.75 Å². The molecule has 0 spiro atoms. The summed E-state index contributed by atoms with van der Waals surface area (Å²) in [7, 11) is 1.69. The zero-order valence-corrected chi connectivity index (χ0v) is 16.5. The maximum atomic E-state index is 12.3. The van der Waals surface area contributed by atoms with Crippen molar-refractivity contribution in [2.75, 3.05) is 26.5 Å². The van der Waals surface area contributed by atoms with Gasteiger partial charge in [-0.2, -0.15) is 0 Å². The summed E-state index contributed by atoms with van der Waals surface area (Å²) < 4.78 is 5.41. The lowest BCUT2D eigenvalue weighted by atomic mass is 10.1. The van der Waals surface area contributed by atoms with Crippen molar-refractivity contribution in [1.82, 2.24) is 10.2 Å². The number of fused-ring (bicyclic) bond motifs is 1. The van der Waals surface area contributed by atoms with Crippen LogP contribution in [0.25, 0.3) is 0 Å². The molecule has 3 rings (SSSR count). The number of ether oxygens (including phenoxy) is 1. The van der Waals surface area contributed by atoms with E-state index in [1.165, 1.54) is 10.5 Å². The summed E-state index contributed by atoms with van der Waals surface area (Å²) in [5.41, 5.74) is 2.21. The molecule has 142 valence electrons. The molecular weight excluding hydrogens is 360 g/mol. The Bertz CT molecular complexity index is 803. The Balaban J connectivity index is 1.40. The van der Waals surface area contributed by atoms with Crippen LogP contribution in [0.15, 0.2) is 47.4 Å². The zero-order valence-electron chi connectivity index (χ0n) is 15.7. The SMILES string of the molecule is COc1cc(CNCCCCN2C(=O)c3ccccc3C2=O)ccc1SC. The van der Waals surface area contributed by atoms with E-state index >= 15 is 0 Å². The first kappa shape index (κ1) is 19.5. The number of nitrogens with zero attached hydrogens (tertiary/aromatic N) is 1. The number of hydrogen-bond donors (Lipinski definition) is 1. The van der Waals surface area contributed by atoms with E-state index < -0.39 is 0 Å². The number of benzene rings is 2. The minimum atomic E-state index is -0.176. The molecule has 1 N–H and O–H groups in total. The topological polar surface area (TPSA) is 58.6 Å². The van der Waals surface area contributed by atoms with E-state index in [1.807, 2.05) is 6.26 Å². The Morgan fingerprint density at radius 1 is 1.04 bits per heavy atom. The minimum absolute atomic E-state index is 0.176. The summed E-state index contributed by atoms with van der Waals surface area (Å²) in [5.74, 6) is 0.543. The lowest BCUT2D eigenvalue weighted by molar-refractivity contribution is 0.0651. The monoisotopic (exact) mass is 384 g/mol. The zero-order chi connectivity index (χ0) is 19.2. The molecule has 0 bridgehead atoms. The number of amides is 2. The van der Waals surface area contributed by atoms with Gasteiger partial charge in [0.25, 0.3) is 11.8 Å². The maximum Gasteiger partial charge on any atom is 0.261 e. The number of carbonyl (C=O) groups excluding carboxylic acids is 2. The molecule has 0 aliphatic carbocycles. The van der Waals surface area contributed by atoms with E-state index in [-0.39, 0.29) is 11.8 Å². The number of imide groups is 1. The highest BCUT2D eigenvalue weighted by atomic mass is 32.2. The average Bonchev–Trinajstić information content (AvgIpc) is 2.95. The summed E-state index contributed by atoms with van der Waals surface area (Å²) in [6, 6.07) is 13.2. The second-order valence-electron chi connectivity index (χ2n) is 6.38. The molecule has 2 amide bonds. The minimum Gasteiger partial charge on any atom is -0.496 e. The van der Waals surface area contributed by atoms with Gasteiger partial charge in [0.05, 0.1) is 18.2 Å². The van der Waals surface area contributed by atoms with Gasteiger partial charge in [0.2, 0.25) is 0 Å². The molecule has 5 nitrogen and oxygen atoms in total. The van der Waals surface area contributed by atoms with Crippen molar-refractivity contribution in [1.29, 1.82) is 0 Å². The number of hydrogen-bond acceptors (Lipinski definition) is 5. The highest BCUT2D eigenvalue weighted by Crippen LogP contribution is 2.28. The van der Waals surface area contributed by atoms with Gasteiger partial charge >= 0.3 is 0 Å². The van der Waals surface area contributed by atoms with E-state index in [4.69, 9.17) is 4.74 Å². The average molecular weight is 385 g/mol. The summed E-state index contributed by atoms with van der Waals surface area (Å²) in [5, 5.41) is 3.40. The fourth-order valence-electron chi connectivity index (χ4n) is 3.19. The third kappa shape index (κ3) is 4.34. The molecule has 2 aromatic carbocycles. The van der Waals surface area contributed by atoms with Crippen LogP contribution < -0.4 is 10.1 Å². The molecular formula is C21H24N2O3S. The molecule has 2 aromatic rings. The molecule has 6 heteroatoms. The first-order valence-electron chi connectivity index (χ1n) is 9.02. The van der Waals surface area contributed by atoms with Crippen LogP contribution in [0.2, 0.25) is 0 Å². The lowest BCUT2D eigenvalue weighted by Gasteiger charge is -2.14. The summed E-state index contributed by atoms with van der Waals surface area (Å²) in [6.07, 6.45) is 3.71. The van der Waals surface area contributed by atoms with E-state index in [0.29, 0.717) is 17.7 Å². The molecule has 1 aliphatic rings. The standard InChI is InChI=1S/C21H24N2O3S/c1-26-18-13-15(9-10-19(18)27-2)14-22-11-5-6-12-23-20(24)16-7-3-4-8-17(16)21(23)25/h3-4,7-10,13,22H,5-6,11-12,14H2,1-2H3. The third-order valence-electron chi connectivity index (χ3n) is 4.64. The molecule has 0 saturated carbocycles. The Hall–Kier alpha value is -2.31. The van der Waals surface area contributed by atoms with Crippen LogP contribution in [-0.4, -0.2) is 43.2 Å². The van der Waals surface area contributed by atoms with Crippen LogP contribution >= 0.6 is 11.8 Å². The molecule has 1 aliphatic heterocycles. The molecule has 0 radical (unpaired) electrons. The quantitative estimate of drug-likeness (QED) is 0.407. The second kappa shape index (κ2) is 9.06. The fraction of sp³-hybridized carbons (Fsp3) is 0.333. The summed E-state index contributed by atoms with van der Waals surface area (Å²) >= 11 is 1.67. The molecule has 1 heterocycles. The van der Waals surface area contributed by atoms with Crippen LogP contribution in [0.3, 0.4) is 0 Å². The van der Waals surface area contributed by atoms with Gasteiger partial charge in [-0.3, -0.25) is 14.5 Å². The van der Waals surface area contributed by atoms with Crippen LogP contribution in [0.4, 0.5) is 0 Å². The Morgan fingerprint density at radius 2 is 1.74 bits per heavy atom. The lowest BCUT2D eigenvalue weighted by Crippen LogP contribution is -2.31. The van der Waals surface area contributed by atoms with Gasteiger partial charge in [0, 0.05) is 18.0 Å². The van der Waals surface area contributed by atoms with Gasteiger partial charge in [0.15, 0.2) is 0 Å². The van der Waals surface area contributed by atoms with E-state index in [1.54, 1.807) is 43.1 Å². The number of rotatable bonds is 9. The second-order valence-corrected chi connectivity index (χ2v) is 7.23. The first-order chi connectivity index (χ1) is 13.2. The van der Waals surface area contributed by atoms with Gasteiger partial charge in [-0.1, -0.05) is 18.2 Å². The van der Waals surface area contributed by atoms with Gasteiger partial charge in [-0.05, 0) is 55.5 Å². The smallest absolute Gasteiger partial charge is 0.261 e. The van der Waals surface area contributed by atoms with Crippen molar-refractivity contribution >= 4 is 23.6 Å². The van der Waals surface area contributed by atoms with Crippen LogP contribution in [0.5, 0.6) is 5.75 Å². The van der Waals surface area contributed by atoms with Crippen LogP contribution in [-0.2, 0) is 6.54 Å². The van der Waals surface area contributed by atoms with Gasteiger partial charge in [-0.15, -0.1) is 11.8 Å². The third-order valence-corrected chi connectivity index (χ3v) is 5.42. The van der Waals surface area contributed by atoms with Gasteiger partial charge < -0.3 is 10.1 Å². The Labute approximate surface area is 164 Å². The summed E-state index contributed by atoms with van der Waals surface area (Å²) in [6.45, 7) is 2.05. The molecule has 0 aromatic heterocycles. The Kier molecular flexibility index (Phi) is 6.53. The van der Waals surface area contributed by atoms with Crippen LogP contribution in [0.1, 0.15) is 39.1 Å². The molecule has 0 saturated heterocycles. The normalized spacial score (nSPS) is 13.2. The molecule has 0 unspecified atom stereocenters. The van der Waals surface area contributed by atoms with E-state index in [2.05, 4.69) is 23.5 Å². The first-order valence-corrected chi connectivity index (χ1v) is 10.2. The van der Waals surface area contributed by atoms with Gasteiger partial charge in [-0.25, -0.2) is 0 Å². The predicted molar refractivity (Wildman–Crippen MR) is 108 cm³/mol. The molecule has 27 heavy (non-hydrogen) atoms. The van der Waals surface area contributed by atoms with Gasteiger partial charge in [0.1, 0.15) is 5.75 Å². The predicted octanol–water partition coefficient (Wildman–Crippen LogP) is 3.58. The number of thioether (sulfide) groups is 1. The summed E-state index contributed by atoms with van der Waals surface area (Å²) in [4.78, 5) is 27.1. The highest BCUT2D eigenvalue weighted by Gasteiger charge is 2.34. The van der Waals surface area contributed by atoms with Crippen molar-refractivity contribution in [3.63, 3.8) is 0 Å². The number of carbonyl (C=O) groups is 2. The number of unbranched alkanes of at least 4 members (excludes halogenated alkanes) is 1. The van der Waals surface area contributed by atoms with Crippen molar-refractivity contribution in [3.05, 3.63) is 59.2 Å². The highest BCUT2D eigenvalue weighted by molar-refractivity contribution is 7.98.